The van der Waals surface area contributed by atoms with Crippen LogP contribution < -0.4 is 5.32 Å². The molecule has 4 rings (SSSR count). The first-order valence-corrected chi connectivity index (χ1v) is 13.6. The molecular weight excluding hydrogens is 527 g/mol. The van der Waals surface area contributed by atoms with E-state index in [0.29, 0.717) is 50.2 Å². The van der Waals surface area contributed by atoms with Crippen molar-refractivity contribution in [1.29, 1.82) is 0 Å². The van der Waals surface area contributed by atoms with E-state index in [1.165, 1.54) is 15.6 Å². The number of carbonyl (C=O) groups is 1. The molecule has 2 heterocycles. The molecule has 0 unspecified atom stereocenters. The number of rotatable bonds is 6. The maximum Gasteiger partial charge on any atom is 0.230 e. The molecule has 2 aromatic carbocycles. The van der Waals surface area contributed by atoms with E-state index < -0.39 is 15.9 Å². The molecule has 7 nitrogen and oxygen atoms in total. The van der Waals surface area contributed by atoms with Gasteiger partial charge in [0.05, 0.1) is 21.7 Å². The summed E-state index contributed by atoms with van der Waals surface area (Å²) in [5.41, 5.74) is 1.38. The van der Waals surface area contributed by atoms with Crippen LogP contribution in [0.3, 0.4) is 0 Å². The van der Waals surface area contributed by atoms with Gasteiger partial charge in [-0.05, 0) is 42.7 Å². The highest BCUT2D eigenvalue weighted by molar-refractivity contribution is 7.88. The van der Waals surface area contributed by atoms with Crippen molar-refractivity contribution in [2.24, 2.45) is 5.92 Å². The van der Waals surface area contributed by atoms with Crippen LogP contribution in [0.4, 0.5) is 5.13 Å². The predicted octanol–water partition coefficient (Wildman–Crippen LogP) is 5.35. The lowest BCUT2D eigenvalue weighted by atomic mass is 9.99. The Labute approximate surface area is 210 Å². The van der Waals surface area contributed by atoms with Crippen LogP contribution in [0.25, 0.3) is 10.6 Å². The van der Waals surface area contributed by atoms with Crippen molar-refractivity contribution in [2.45, 2.75) is 18.6 Å². The molecule has 0 radical (unpaired) electrons. The Bertz CT molecular complexity index is 1270. The van der Waals surface area contributed by atoms with Gasteiger partial charge in [-0.25, -0.2) is 12.7 Å². The second kappa shape index (κ2) is 10.2. The van der Waals surface area contributed by atoms with Gasteiger partial charge in [-0.15, -0.1) is 10.2 Å². The first-order valence-electron chi connectivity index (χ1n) is 10.0. The number of carbonyl (C=O) groups excluding carboxylic acids is 1. The SMILES string of the molecule is O=C(Nc1nnc(-c2ccc(Cl)cc2)s1)[C@@H]1CCCN(S(=O)(=O)Cc2ccc(Cl)c(Cl)c2)C1. The number of halogens is 3. The van der Waals surface area contributed by atoms with Gasteiger partial charge in [-0.1, -0.05) is 64.3 Å². The van der Waals surface area contributed by atoms with Crippen molar-refractivity contribution in [3.05, 3.63) is 63.1 Å². The molecule has 0 spiro atoms. The number of hydrogen-bond acceptors (Lipinski definition) is 6. The van der Waals surface area contributed by atoms with Gasteiger partial charge in [0.25, 0.3) is 0 Å². The van der Waals surface area contributed by atoms with Crippen LogP contribution >= 0.6 is 46.1 Å². The van der Waals surface area contributed by atoms with Crippen molar-refractivity contribution in [3.63, 3.8) is 0 Å². The van der Waals surface area contributed by atoms with Crippen molar-refractivity contribution in [3.8, 4) is 10.6 Å². The molecule has 3 aromatic rings. The normalized spacial score (nSPS) is 17.1. The predicted molar refractivity (Wildman–Crippen MR) is 132 cm³/mol. The summed E-state index contributed by atoms with van der Waals surface area (Å²) in [5.74, 6) is -0.965. The maximum atomic E-state index is 13.0. The Morgan fingerprint density at radius 1 is 1.09 bits per heavy atom. The van der Waals surface area contributed by atoms with Crippen LogP contribution in [0.5, 0.6) is 0 Å². The molecule has 1 amide bonds. The number of nitrogens with one attached hydrogen (secondary N) is 1. The number of sulfonamides is 1. The van der Waals surface area contributed by atoms with Gasteiger partial charge in [0.2, 0.25) is 21.1 Å². The third-order valence-corrected chi connectivity index (χ3v) is 8.92. The van der Waals surface area contributed by atoms with Crippen molar-refractivity contribution in [1.82, 2.24) is 14.5 Å². The Hall–Kier alpha value is -1.75. The fourth-order valence-corrected chi connectivity index (χ4v) is 6.33. The van der Waals surface area contributed by atoms with Crippen LogP contribution in [-0.2, 0) is 20.6 Å². The monoisotopic (exact) mass is 544 g/mol. The number of hydrogen-bond donors (Lipinski definition) is 1. The minimum atomic E-state index is -3.63. The van der Waals surface area contributed by atoms with Gasteiger partial charge < -0.3 is 5.32 Å². The van der Waals surface area contributed by atoms with E-state index in [2.05, 4.69) is 15.5 Å². The number of benzene rings is 2. The van der Waals surface area contributed by atoms with E-state index in [0.717, 1.165) is 5.56 Å². The second-order valence-electron chi connectivity index (χ2n) is 7.61. The third-order valence-electron chi connectivity index (χ3n) is 5.23. The quantitative estimate of drug-likeness (QED) is 0.451. The van der Waals surface area contributed by atoms with Crippen molar-refractivity contribution >= 4 is 67.2 Å². The van der Waals surface area contributed by atoms with Gasteiger partial charge in [-0.3, -0.25) is 4.79 Å². The Morgan fingerprint density at radius 3 is 2.58 bits per heavy atom. The zero-order valence-corrected chi connectivity index (χ0v) is 21.1. The lowest BCUT2D eigenvalue weighted by Gasteiger charge is -2.31. The summed E-state index contributed by atoms with van der Waals surface area (Å²) in [5, 5.41) is 13.2. The summed E-state index contributed by atoms with van der Waals surface area (Å²) in [4.78, 5) is 12.8. The molecule has 0 bridgehead atoms. The zero-order chi connectivity index (χ0) is 23.6. The number of nitrogens with zero attached hydrogens (tertiary/aromatic N) is 3. The van der Waals surface area contributed by atoms with E-state index >= 15 is 0 Å². The topological polar surface area (TPSA) is 92.3 Å². The van der Waals surface area contributed by atoms with E-state index in [4.69, 9.17) is 34.8 Å². The molecule has 1 fully saturated rings. The highest BCUT2D eigenvalue weighted by Crippen LogP contribution is 2.29. The van der Waals surface area contributed by atoms with Gasteiger partial charge in [0.1, 0.15) is 5.01 Å². The summed E-state index contributed by atoms with van der Waals surface area (Å²) in [6.07, 6.45) is 1.18. The van der Waals surface area contributed by atoms with E-state index in [9.17, 15) is 13.2 Å². The summed E-state index contributed by atoms with van der Waals surface area (Å²) < 4.78 is 27.3. The molecule has 1 N–H and O–H groups in total. The standard InChI is InChI=1S/C21H19Cl3N4O3S2/c22-16-6-4-14(5-7-16)20-26-27-21(32-20)25-19(29)15-2-1-9-28(11-15)33(30,31)12-13-3-8-17(23)18(24)10-13/h3-8,10,15H,1-2,9,11-12H2,(H,25,27,29)/t15-/m1/s1. The average Bonchev–Trinajstić information content (AvgIpc) is 3.25. The average molecular weight is 546 g/mol. The van der Waals surface area contributed by atoms with Crippen LogP contribution in [0, 0.1) is 5.92 Å². The smallest absolute Gasteiger partial charge is 0.230 e. The van der Waals surface area contributed by atoms with Gasteiger partial charge in [-0.2, -0.15) is 0 Å². The number of amides is 1. The molecule has 12 heteroatoms. The van der Waals surface area contributed by atoms with E-state index in [1.54, 1.807) is 30.3 Å². The fraction of sp³-hybridized carbons (Fsp3) is 0.286. The molecule has 1 saturated heterocycles. The van der Waals surface area contributed by atoms with E-state index in [1.807, 2.05) is 12.1 Å². The maximum absolute atomic E-state index is 13.0. The lowest BCUT2D eigenvalue weighted by Crippen LogP contribution is -2.44. The minimum Gasteiger partial charge on any atom is -0.300 e. The first kappa shape index (κ1) is 24.4. The fourth-order valence-electron chi connectivity index (χ4n) is 3.53. The third kappa shape index (κ3) is 6.03. The second-order valence-corrected chi connectivity index (χ2v) is 11.8. The molecule has 1 atom stereocenters. The molecule has 1 aromatic heterocycles. The molecular formula is C21H19Cl3N4O3S2. The molecule has 0 saturated carbocycles. The first-order chi connectivity index (χ1) is 15.7. The van der Waals surface area contributed by atoms with E-state index in [-0.39, 0.29) is 18.2 Å². The van der Waals surface area contributed by atoms with Crippen LogP contribution in [0.15, 0.2) is 42.5 Å². The Kier molecular flexibility index (Phi) is 7.57. The lowest BCUT2D eigenvalue weighted by molar-refractivity contribution is -0.120. The summed E-state index contributed by atoms with van der Waals surface area (Å²) in [6.45, 7) is 0.477. The number of piperidine rings is 1. The summed E-state index contributed by atoms with van der Waals surface area (Å²) in [6, 6.07) is 11.9. The zero-order valence-electron chi connectivity index (χ0n) is 17.2. The van der Waals surface area contributed by atoms with Gasteiger partial charge >= 0.3 is 0 Å². The van der Waals surface area contributed by atoms with Gasteiger partial charge in [0, 0.05) is 23.7 Å². The molecule has 1 aliphatic rings. The highest BCUT2D eigenvalue weighted by atomic mass is 35.5. The minimum absolute atomic E-state index is 0.109. The van der Waals surface area contributed by atoms with Crippen LogP contribution in [0.1, 0.15) is 18.4 Å². The molecule has 1 aliphatic heterocycles. The number of aromatic nitrogens is 2. The van der Waals surface area contributed by atoms with Crippen LogP contribution in [0.2, 0.25) is 15.1 Å². The molecule has 0 aliphatic carbocycles. The largest absolute Gasteiger partial charge is 0.300 e. The molecule has 33 heavy (non-hydrogen) atoms. The summed E-state index contributed by atoms with van der Waals surface area (Å²) >= 11 is 19.1. The van der Waals surface area contributed by atoms with Crippen molar-refractivity contribution in [2.75, 3.05) is 18.4 Å². The van der Waals surface area contributed by atoms with Crippen molar-refractivity contribution < 1.29 is 13.2 Å². The number of anilines is 1. The molecule has 174 valence electrons. The Morgan fingerprint density at radius 2 is 1.85 bits per heavy atom. The Balaban J connectivity index is 1.40. The highest BCUT2D eigenvalue weighted by Gasteiger charge is 2.33. The van der Waals surface area contributed by atoms with Crippen LogP contribution in [-0.4, -0.2) is 41.9 Å². The van der Waals surface area contributed by atoms with Gasteiger partial charge in [0.15, 0.2) is 0 Å². The summed E-state index contributed by atoms with van der Waals surface area (Å²) in [7, 11) is -3.63.